The summed E-state index contributed by atoms with van der Waals surface area (Å²) in [6.45, 7) is 2.08. The molecule has 2 aromatic rings. The first-order valence-electron chi connectivity index (χ1n) is 8.98. The van der Waals surface area contributed by atoms with Crippen molar-refractivity contribution in [2.24, 2.45) is 0 Å². The zero-order chi connectivity index (χ0) is 17.3. The number of carbonyl (C=O) groups excluding carboxylic acids is 1. The van der Waals surface area contributed by atoms with Gasteiger partial charge in [0, 0.05) is 18.7 Å². The minimum absolute atomic E-state index is 0.0428. The Kier molecular flexibility index (Phi) is 6.46. The van der Waals surface area contributed by atoms with Crippen LogP contribution in [0.2, 0.25) is 0 Å². The molecule has 0 radical (unpaired) electrons. The molecular formula is C21H25NO3. The summed E-state index contributed by atoms with van der Waals surface area (Å²) >= 11 is 0. The van der Waals surface area contributed by atoms with Crippen molar-refractivity contribution in [3.05, 3.63) is 65.7 Å². The maximum absolute atomic E-state index is 12.2. The summed E-state index contributed by atoms with van der Waals surface area (Å²) < 4.78 is 11.2. The molecule has 3 rings (SSSR count). The fraction of sp³-hybridized carbons (Fsp3) is 0.381. The van der Waals surface area contributed by atoms with Gasteiger partial charge in [0.2, 0.25) is 0 Å². The number of hydrogen-bond donors (Lipinski definition) is 1. The minimum atomic E-state index is -0.0428. The molecule has 0 saturated carbocycles. The summed E-state index contributed by atoms with van der Waals surface area (Å²) in [6, 6.07) is 17.6. The highest BCUT2D eigenvalue weighted by atomic mass is 16.5. The summed E-state index contributed by atoms with van der Waals surface area (Å²) in [5, 5.41) is 2.97. The fourth-order valence-corrected chi connectivity index (χ4v) is 2.91. The van der Waals surface area contributed by atoms with E-state index in [1.54, 1.807) is 12.1 Å². The Labute approximate surface area is 149 Å². The number of benzene rings is 2. The van der Waals surface area contributed by atoms with Crippen molar-refractivity contribution in [3.8, 4) is 5.75 Å². The highest BCUT2D eigenvalue weighted by Gasteiger charge is 2.16. The molecule has 25 heavy (non-hydrogen) atoms. The lowest BCUT2D eigenvalue weighted by Crippen LogP contribution is -2.24. The number of aryl methyl sites for hydroxylation is 1. The molecule has 132 valence electrons. The van der Waals surface area contributed by atoms with Crippen LogP contribution in [0, 0.1) is 0 Å². The maximum Gasteiger partial charge on any atom is 0.251 e. The van der Waals surface area contributed by atoms with Gasteiger partial charge in [-0.05, 0) is 55.5 Å². The number of nitrogens with one attached hydrogen (secondary N) is 1. The van der Waals surface area contributed by atoms with Gasteiger partial charge in [0.25, 0.3) is 5.91 Å². The monoisotopic (exact) mass is 339 g/mol. The summed E-state index contributed by atoms with van der Waals surface area (Å²) in [6.07, 6.45) is 4.27. The van der Waals surface area contributed by atoms with Crippen LogP contribution in [-0.2, 0) is 11.2 Å². The van der Waals surface area contributed by atoms with Crippen LogP contribution < -0.4 is 10.1 Å². The predicted octanol–water partition coefficient (Wildman–Crippen LogP) is 3.61. The van der Waals surface area contributed by atoms with E-state index in [0.29, 0.717) is 18.7 Å². The van der Waals surface area contributed by atoms with Crippen molar-refractivity contribution >= 4 is 5.91 Å². The lowest BCUT2D eigenvalue weighted by Gasteiger charge is -2.11. The summed E-state index contributed by atoms with van der Waals surface area (Å²) in [5.74, 6) is 0.731. The maximum atomic E-state index is 12.2. The van der Waals surface area contributed by atoms with E-state index < -0.39 is 0 Å². The molecule has 0 bridgehead atoms. The van der Waals surface area contributed by atoms with Gasteiger partial charge in [-0.3, -0.25) is 4.79 Å². The number of ether oxygens (including phenoxy) is 2. The van der Waals surface area contributed by atoms with Gasteiger partial charge < -0.3 is 14.8 Å². The summed E-state index contributed by atoms with van der Waals surface area (Å²) in [4.78, 5) is 12.2. The smallest absolute Gasteiger partial charge is 0.251 e. The molecule has 1 amide bonds. The molecule has 1 aliphatic rings. The molecule has 1 N–H and O–H groups in total. The lowest BCUT2D eigenvalue weighted by atomic mass is 10.1. The normalized spacial score (nSPS) is 16.6. The van der Waals surface area contributed by atoms with Crippen LogP contribution in [0.5, 0.6) is 5.75 Å². The van der Waals surface area contributed by atoms with Crippen molar-refractivity contribution < 1.29 is 14.3 Å². The minimum Gasteiger partial charge on any atom is -0.491 e. The average Bonchev–Trinajstić information content (AvgIpc) is 3.18. The van der Waals surface area contributed by atoms with Crippen molar-refractivity contribution in [1.82, 2.24) is 5.32 Å². The van der Waals surface area contributed by atoms with E-state index in [-0.39, 0.29) is 12.0 Å². The zero-order valence-electron chi connectivity index (χ0n) is 14.4. The van der Waals surface area contributed by atoms with Crippen molar-refractivity contribution in [2.75, 3.05) is 19.8 Å². The number of amides is 1. The lowest BCUT2D eigenvalue weighted by molar-refractivity contribution is 0.0679. The van der Waals surface area contributed by atoms with Crippen molar-refractivity contribution in [3.63, 3.8) is 0 Å². The molecule has 1 aliphatic heterocycles. The predicted molar refractivity (Wildman–Crippen MR) is 98.0 cm³/mol. The van der Waals surface area contributed by atoms with Crippen LogP contribution in [0.15, 0.2) is 54.6 Å². The topological polar surface area (TPSA) is 47.6 Å². The van der Waals surface area contributed by atoms with Crippen LogP contribution >= 0.6 is 0 Å². The van der Waals surface area contributed by atoms with E-state index in [1.165, 1.54) is 5.56 Å². The fourth-order valence-electron chi connectivity index (χ4n) is 2.91. The molecule has 1 atom stereocenters. The van der Waals surface area contributed by atoms with Gasteiger partial charge in [-0.15, -0.1) is 0 Å². The second-order valence-corrected chi connectivity index (χ2v) is 6.32. The second kappa shape index (κ2) is 9.23. The summed E-state index contributed by atoms with van der Waals surface area (Å²) in [5.41, 5.74) is 1.95. The third-order valence-corrected chi connectivity index (χ3v) is 4.35. The van der Waals surface area contributed by atoms with E-state index in [0.717, 1.165) is 38.0 Å². The van der Waals surface area contributed by atoms with Gasteiger partial charge in [0.1, 0.15) is 12.4 Å². The Morgan fingerprint density at radius 2 is 1.92 bits per heavy atom. The highest BCUT2D eigenvalue weighted by molar-refractivity contribution is 5.94. The van der Waals surface area contributed by atoms with Crippen LogP contribution in [0.4, 0.5) is 0 Å². The SMILES string of the molecule is O=C(NCCCc1ccccc1)c1ccc(OC[C@@H]2CCCO2)cc1. The van der Waals surface area contributed by atoms with E-state index in [9.17, 15) is 4.79 Å². The van der Waals surface area contributed by atoms with E-state index in [2.05, 4.69) is 17.4 Å². The number of carbonyl (C=O) groups is 1. The average molecular weight is 339 g/mol. The molecule has 1 heterocycles. The Bertz CT molecular complexity index is 649. The first kappa shape index (κ1) is 17.5. The van der Waals surface area contributed by atoms with Gasteiger partial charge in [-0.1, -0.05) is 30.3 Å². The van der Waals surface area contributed by atoms with Gasteiger partial charge >= 0.3 is 0 Å². The quantitative estimate of drug-likeness (QED) is 0.748. The Balaban J connectivity index is 1.38. The van der Waals surface area contributed by atoms with Crippen LogP contribution in [-0.4, -0.2) is 31.8 Å². The molecule has 0 aromatic heterocycles. The van der Waals surface area contributed by atoms with Gasteiger partial charge in [-0.2, -0.15) is 0 Å². The zero-order valence-corrected chi connectivity index (χ0v) is 14.4. The van der Waals surface area contributed by atoms with Gasteiger partial charge in [0.15, 0.2) is 0 Å². The standard InChI is InChI=1S/C21H25NO3/c23-21(22-14-4-8-17-6-2-1-3-7-17)18-10-12-19(13-11-18)25-16-20-9-5-15-24-20/h1-3,6-7,10-13,20H,4-5,8-9,14-16H2,(H,22,23)/t20-/m0/s1. The highest BCUT2D eigenvalue weighted by Crippen LogP contribution is 2.16. The third-order valence-electron chi connectivity index (χ3n) is 4.35. The van der Waals surface area contributed by atoms with Gasteiger partial charge in [-0.25, -0.2) is 0 Å². The van der Waals surface area contributed by atoms with Gasteiger partial charge in [0.05, 0.1) is 6.10 Å². The second-order valence-electron chi connectivity index (χ2n) is 6.32. The molecule has 1 saturated heterocycles. The van der Waals surface area contributed by atoms with Crippen LogP contribution in [0.1, 0.15) is 35.2 Å². The molecule has 1 fully saturated rings. The Morgan fingerprint density at radius 3 is 2.64 bits per heavy atom. The molecule has 0 unspecified atom stereocenters. The molecule has 0 aliphatic carbocycles. The molecular weight excluding hydrogens is 314 g/mol. The van der Waals surface area contributed by atoms with E-state index in [1.807, 2.05) is 30.3 Å². The number of hydrogen-bond acceptors (Lipinski definition) is 3. The van der Waals surface area contributed by atoms with Crippen molar-refractivity contribution in [1.29, 1.82) is 0 Å². The van der Waals surface area contributed by atoms with Crippen molar-refractivity contribution in [2.45, 2.75) is 31.8 Å². The first-order chi connectivity index (χ1) is 12.3. The van der Waals surface area contributed by atoms with Crippen LogP contribution in [0.25, 0.3) is 0 Å². The molecule has 0 spiro atoms. The molecule has 4 heteroatoms. The Hall–Kier alpha value is -2.33. The first-order valence-corrected chi connectivity index (χ1v) is 8.98. The number of rotatable bonds is 8. The van der Waals surface area contributed by atoms with E-state index in [4.69, 9.17) is 9.47 Å². The van der Waals surface area contributed by atoms with Crippen LogP contribution in [0.3, 0.4) is 0 Å². The summed E-state index contributed by atoms with van der Waals surface area (Å²) in [7, 11) is 0. The molecule has 4 nitrogen and oxygen atoms in total. The largest absolute Gasteiger partial charge is 0.491 e. The molecule has 2 aromatic carbocycles. The Morgan fingerprint density at radius 1 is 1.12 bits per heavy atom. The van der Waals surface area contributed by atoms with E-state index >= 15 is 0 Å². The third kappa shape index (κ3) is 5.61.